The van der Waals surface area contributed by atoms with Crippen LogP contribution >= 0.6 is 34.8 Å². The van der Waals surface area contributed by atoms with Gasteiger partial charge >= 0.3 is 5.91 Å². The molecule has 1 aliphatic rings. The van der Waals surface area contributed by atoms with E-state index in [1.807, 2.05) is 0 Å². The van der Waals surface area contributed by atoms with Crippen molar-refractivity contribution >= 4 is 52.1 Å². The molecule has 3 rings (SSSR count). The number of pyridine rings is 1. The fourth-order valence-corrected chi connectivity index (χ4v) is 2.72. The number of rotatable bonds is 3. The van der Waals surface area contributed by atoms with E-state index < -0.39 is 5.91 Å². The Bertz CT molecular complexity index is 902. The predicted octanol–water partition coefficient (Wildman–Crippen LogP) is 2.93. The van der Waals surface area contributed by atoms with Crippen LogP contribution in [0.3, 0.4) is 0 Å². The van der Waals surface area contributed by atoms with E-state index in [-0.39, 0.29) is 33.4 Å². The van der Waals surface area contributed by atoms with Crippen LogP contribution in [-0.2, 0) is 0 Å². The summed E-state index contributed by atoms with van der Waals surface area (Å²) in [6.07, 6.45) is 0. The summed E-state index contributed by atoms with van der Waals surface area (Å²) in [6, 6.07) is 5.33. The van der Waals surface area contributed by atoms with Crippen molar-refractivity contribution in [2.24, 2.45) is 5.10 Å². The van der Waals surface area contributed by atoms with Gasteiger partial charge in [0.15, 0.2) is 11.5 Å². The number of H-pyrrole nitrogens is 1. The highest BCUT2D eigenvalue weighted by atomic mass is 35.5. The van der Waals surface area contributed by atoms with Crippen LogP contribution in [-0.4, -0.2) is 18.4 Å². The molecule has 0 unspecified atom stereocenters. The van der Waals surface area contributed by atoms with Gasteiger partial charge in [0.25, 0.3) is 10.8 Å². The summed E-state index contributed by atoms with van der Waals surface area (Å²) < 4.78 is 10.6. The number of ether oxygens (including phenoxy) is 2. The summed E-state index contributed by atoms with van der Waals surface area (Å²) in [5.41, 5.74) is 9.37. The first-order valence-electron chi connectivity index (χ1n) is 6.98. The fraction of sp³-hybridized carbons (Fsp3) is 0.133. The maximum absolute atomic E-state index is 12.3. The molecule has 25 heavy (non-hydrogen) atoms. The van der Waals surface area contributed by atoms with Crippen molar-refractivity contribution in [3.05, 3.63) is 44.7 Å². The second kappa shape index (κ2) is 6.95. The summed E-state index contributed by atoms with van der Waals surface area (Å²) >= 11 is 17.8. The number of nitrogens with two attached hydrogens (primary N) is 1. The standard InChI is InChI=1S/C15H11Cl3N4O3/c1-6(7-2-3-8-9(4-7)25-5-24-8)21-22-15(23)13-10(16)12(19)11(17)14(18)20-13/h2-4H,5H2,1H3,(H2,19,20)(H,22,23)/p+1/b21-6+. The molecule has 4 N–H and O–H groups in total. The Balaban J connectivity index is 1.81. The van der Waals surface area contributed by atoms with E-state index in [2.05, 4.69) is 15.5 Å². The highest BCUT2D eigenvalue weighted by molar-refractivity contribution is 6.45. The molecule has 1 aromatic carbocycles. The molecule has 0 atom stereocenters. The Kier molecular flexibility index (Phi) is 4.89. The molecule has 0 aliphatic carbocycles. The first-order valence-corrected chi connectivity index (χ1v) is 8.11. The van der Waals surface area contributed by atoms with Crippen molar-refractivity contribution in [3.63, 3.8) is 0 Å². The third-order valence-corrected chi connectivity index (χ3v) is 4.63. The first kappa shape index (κ1) is 17.6. The number of fused-ring (bicyclic) bond motifs is 1. The fourth-order valence-electron chi connectivity index (χ4n) is 2.10. The van der Waals surface area contributed by atoms with Gasteiger partial charge in [-0.25, -0.2) is 5.43 Å². The van der Waals surface area contributed by atoms with Gasteiger partial charge in [-0.2, -0.15) is 10.1 Å². The largest absolute Gasteiger partial charge is 0.454 e. The molecule has 0 saturated heterocycles. The lowest BCUT2D eigenvalue weighted by Gasteiger charge is -2.05. The van der Waals surface area contributed by atoms with Gasteiger partial charge in [-0.15, -0.1) is 0 Å². The van der Waals surface area contributed by atoms with Crippen LogP contribution in [0.1, 0.15) is 23.0 Å². The van der Waals surface area contributed by atoms with Crippen molar-refractivity contribution in [1.82, 2.24) is 5.43 Å². The maximum atomic E-state index is 12.3. The molecule has 0 bridgehead atoms. The Morgan fingerprint density at radius 2 is 1.96 bits per heavy atom. The molecule has 130 valence electrons. The summed E-state index contributed by atoms with van der Waals surface area (Å²) in [4.78, 5) is 14.9. The van der Waals surface area contributed by atoms with Crippen molar-refractivity contribution in [3.8, 4) is 11.5 Å². The van der Waals surface area contributed by atoms with Crippen LogP contribution in [0.25, 0.3) is 0 Å². The van der Waals surface area contributed by atoms with Crippen LogP contribution < -0.4 is 25.6 Å². The number of halogens is 3. The van der Waals surface area contributed by atoms with Crippen molar-refractivity contribution in [2.75, 3.05) is 12.5 Å². The van der Waals surface area contributed by atoms with E-state index in [9.17, 15) is 4.79 Å². The number of amides is 1. The Morgan fingerprint density at radius 3 is 2.72 bits per heavy atom. The number of carbonyl (C=O) groups excluding carboxylic acids is 1. The number of aromatic amines is 1. The molecular weight excluding hydrogens is 391 g/mol. The minimum absolute atomic E-state index is 0.00480. The zero-order valence-electron chi connectivity index (χ0n) is 12.8. The molecule has 2 heterocycles. The molecule has 7 nitrogen and oxygen atoms in total. The molecule has 2 aromatic rings. The minimum atomic E-state index is -0.615. The van der Waals surface area contributed by atoms with E-state index >= 15 is 0 Å². The minimum Gasteiger partial charge on any atom is -0.454 e. The van der Waals surface area contributed by atoms with Crippen molar-refractivity contribution in [1.29, 1.82) is 0 Å². The SMILES string of the molecule is C/C(=N\NC(=O)c1[nH+]c(Cl)c(Cl)c(N)c1Cl)c1ccc2c(c1)OCO2. The van der Waals surface area contributed by atoms with E-state index in [4.69, 9.17) is 50.0 Å². The molecule has 1 aromatic heterocycles. The topological polar surface area (TPSA) is 100 Å². The molecule has 0 saturated carbocycles. The summed E-state index contributed by atoms with van der Waals surface area (Å²) in [5.74, 6) is 0.663. The van der Waals surface area contributed by atoms with Gasteiger partial charge in [0.2, 0.25) is 6.79 Å². The van der Waals surface area contributed by atoms with Gasteiger partial charge in [-0.05, 0) is 36.7 Å². The smallest absolute Gasteiger partial charge is 0.337 e. The molecule has 10 heteroatoms. The lowest BCUT2D eigenvalue weighted by molar-refractivity contribution is -0.379. The molecule has 0 spiro atoms. The number of hydrogen-bond donors (Lipinski definition) is 2. The number of nitrogens with one attached hydrogen (secondary N) is 2. The van der Waals surface area contributed by atoms with Gasteiger partial charge in [-0.3, -0.25) is 4.79 Å². The third kappa shape index (κ3) is 3.44. The molecule has 0 fully saturated rings. The van der Waals surface area contributed by atoms with Gasteiger partial charge in [0.1, 0.15) is 10.0 Å². The number of hydrogen-bond acceptors (Lipinski definition) is 5. The van der Waals surface area contributed by atoms with Crippen LogP contribution in [0.15, 0.2) is 23.3 Å². The first-order chi connectivity index (χ1) is 11.9. The zero-order chi connectivity index (χ0) is 18.1. The van der Waals surface area contributed by atoms with Gasteiger partial charge in [-0.1, -0.05) is 23.2 Å². The monoisotopic (exact) mass is 401 g/mol. The van der Waals surface area contributed by atoms with Gasteiger partial charge in [0, 0.05) is 5.56 Å². The van der Waals surface area contributed by atoms with Gasteiger partial charge in [0.05, 0.1) is 11.4 Å². The Morgan fingerprint density at radius 1 is 1.24 bits per heavy atom. The average Bonchev–Trinajstić information content (AvgIpc) is 3.08. The second-order valence-corrected chi connectivity index (χ2v) is 6.20. The molecule has 1 aliphatic heterocycles. The van der Waals surface area contributed by atoms with Crippen LogP contribution in [0.2, 0.25) is 15.2 Å². The van der Waals surface area contributed by atoms with E-state index in [0.29, 0.717) is 17.2 Å². The number of nitrogen functional groups attached to an aromatic ring is 1. The highest BCUT2D eigenvalue weighted by Gasteiger charge is 2.26. The molecule has 1 amide bonds. The Labute approximate surface area is 157 Å². The van der Waals surface area contributed by atoms with E-state index in [0.717, 1.165) is 5.56 Å². The summed E-state index contributed by atoms with van der Waals surface area (Å²) in [7, 11) is 0. The van der Waals surface area contributed by atoms with E-state index in [1.165, 1.54) is 0 Å². The number of anilines is 1. The van der Waals surface area contributed by atoms with Crippen molar-refractivity contribution < 1.29 is 19.3 Å². The summed E-state index contributed by atoms with van der Waals surface area (Å²) in [5, 5.41) is 4.05. The molecule has 0 radical (unpaired) electrons. The number of nitrogens with zero attached hydrogens (tertiary/aromatic N) is 1. The number of benzene rings is 1. The van der Waals surface area contributed by atoms with E-state index in [1.54, 1.807) is 25.1 Å². The van der Waals surface area contributed by atoms with Crippen LogP contribution in [0.4, 0.5) is 5.69 Å². The number of carbonyl (C=O) groups is 1. The average molecular weight is 403 g/mol. The van der Waals surface area contributed by atoms with Crippen LogP contribution in [0, 0.1) is 0 Å². The zero-order valence-corrected chi connectivity index (χ0v) is 15.1. The van der Waals surface area contributed by atoms with Gasteiger partial charge < -0.3 is 15.2 Å². The van der Waals surface area contributed by atoms with Crippen LogP contribution in [0.5, 0.6) is 11.5 Å². The quantitative estimate of drug-likeness (QED) is 0.468. The third-order valence-electron chi connectivity index (χ3n) is 3.46. The Hall–Kier alpha value is -2.22. The number of hydrazone groups is 1. The summed E-state index contributed by atoms with van der Waals surface area (Å²) in [6.45, 7) is 1.91. The molecular formula is C15H12Cl3N4O3+. The number of aromatic nitrogens is 1. The highest BCUT2D eigenvalue weighted by Crippen LogP contribution is 2.33. The lowest BCUT2D eigenvalue weighted by atomic mass is 10.1. The maximum Gasteiger partial charge on any atom is 0.337 e. The normalized spacial score (nSPS) is 13.0. The predicted molar refractivity (Wildman–Crippen MR) is 94.7 cm³/mol. The lowest BCUT2D eigenvalue weighted by Crippen LogP contribution is -2.29. The second-order valence-electron chi connectivity index (χ2n) is 5.06. The van der Waals surface area contributed by atoms with Crippen molar-refractivity contribution in [2.45, 2.75) is 6.92 Å².